The summed E-state index contributed by atoms with van der Waals surface area (Å²) in [5.41, 5.74) is 1.14. The SMILES string of the molecule is Cc1cn(C2CCSC2)c(NC2CCCC2)n1. The van der Waals surface area contributed by atoms with Crippen LogP contribution in [0.1, 0.15) is 43.8 Å². The minimum atomic E-state index is 0.657. The summed E-state index contributed by atoms with van der Waals surface area (Å²) in [6.07, 6.45) is 8.87. The van der Waals surface area contributed by atoms with E-state index in [1.165, 1.54) is 43.6 Å². The van der Waals surface area contributed by atoms with Crippen molar-refractivity contribution in [2.45, 2.75) is 51.1 Å². The molecular weight excluding hydrogens is 230 g/mol. The molecule has 1 aliphatic heterocycles. The highest BCUT2D eigenvalue weighted by Crippen LogP contribution is 2.31. The Bertz CT molecular complexity index is 376. The van der Waals surface area contributed by atoms with Crippen molar-refractivity contribution >= 4 is 17.7 Å². The van der Waals surface area contributed by atoms with E-state index >= 15 is 0 Å². The van der Waals surface area contributed by atoms with Crippen LogP contribution >= 0.6 is 11.8 Å². The zero-order valence-electron chi connectivity index (χ0n) is 10.5. The second-order valence-corrected chi connectivity index (χ2v) is 6.41. The fourth-order valence-electron chi connectivity index (χ4n) is 2.90. The van der Waals surface area contributed by atoms with E-state index in [-0.39, 0.29) is 0 Å². The second kappa shape index (κ2) is 4.92. The Labute approximate surface area is 107 Å². The summed E-state index contributed by atoms with van der Waals surface area (Å²) in [5.74, 6) is 3.65. The zero-order valence-corrected chi connectivity index (χ0v) is 11.3. The molecule has 1 aromatic heterocycles. The van der Waals surface area contributed by atoms with Gasteiger partial charge >= 0.3 is 0 Å². The Hall–Kier alpha value is -0.640. The van der Waals surface area contributed by atoms with E-state index in [4.69, 9.17) is 0 Å². The van der Waals surface area contributed by atoms with Gasteiger partial charge < -0.3 is 9.88 Å². The van der Waals surface area contributed by atoms with E-state index in [1.807, 2.05) is 0 Å². The predicted molar refractivity (Wildman–Crippen MR) is 73.8 cm³/mol. The van der Waals surface area contributed by atoms with Gasteiger partial charge in [-0.15, -0.1) is 0 Å². The quantitative estimate of drug-likeness (QED) is 0.894. The van der Waals surface area contributed by atoms with Gasteiger partial charge in [-0.05, 0) is 31.9 Å². The number of anilines is 1. The first-order valence-electron chi connectivity index (χ1n) is 6.72. The van der Waals surface area contributed by atoms with Crippen LogP contribution in [0, 0.1) is 6.92 Å². The second-order valence-electron chi connectivity index (χ2n) is 5.26. The number of imidazole rings is 1. The van der Waals surface area contributed by atoms with Gasteiger partial charge in [-0.2, -0.15) is 11.8 Å². The van der Waals surface area contributed by atoms with Gasteiger partial charge in [-0.25, -0.2) is 4.98 Å². The minimum Gasteiger partial charge on any atom is -0.353 e. The first-order chi connectivity index (χ1) is 8.33. The van der Waals surface area contributed by atoms with E-state index in [2.05, 4.69) is 39.8 Å². The van der Waals surface area contributed by atoms with Crippen molar-refractivity contribution in [3.63, 3.8) is 0 Å². The molecule has 1 aromatic rings. The molecule has 1 N–H and O–H groups in total. The topological polar surface area (TPSA) is 29.9 Å². The van der Waals surface area contributed by atoms with Crippen LogP contribution in [0.25, 0.3) is 0 Å². The molecular formula is C13H21N3S. The van der Waals surface area contributed by atoms with Gasteiger partial charge in [0.15, 0.2) is 0 Å². The highest BCUT2D eigenvalue weighted by atomic mass is 32.2. The number of aromatic nitrogens is 2. The number of rotatable bonds is 3. The van der Waals surface area contributed by atoms with Crippen molar-refractivity contribution in [1.82, 2.24) is 9.55 Å². The first-order valence-corrected chi connectivity index (χ1v) is 7.88. The summed E-state index contributed by atoms with van der Waals surface area (Å²) in [6.45, 7) is 2.10. The Balaban J connectivity index is 1.77. The van der Waals surface area contributed by atoms with Crippen LogP contribution in [-0.4, -0.2) is 27.1 Å². The van der Waals surface area contributed by atoms with Crippen molar-refractivity contribution in [2.24, 2.45) is 0 Å². The lowest BCUT2D eigenvalue weighted by molar-refractivity contribution is 0.559. The van der Waals surface area contributed by atoms with Gasteiger partial charge in [-0.1, -0.05) is 12.8 Å². The van der Waals surface area contributed by atoms with E-state index in [0.29, 0.717) is 12.1 Å². The first kappa shape index (κ1) is 11.5. The predicted octanol–water partition coefficient (Wildman–Crippen LogP) is 3.22. The molecule has 0 radical (unpaired) electrons. The lowest BCUT2D eigenvalue weighted by Crippen LogP contribution is -2.20. The molecule has 4 heteroatoms. The Kier molecular flexibility index (Phi) is 3.32. The van der Waals surface area contributed by atoms with Crippen LogP contribution in [0.5, 0.6) is 0 Å². The van der Waals surface area contributed by atoms with E-state index in [0.717, 1.165) is 11.6 Å². The molecule has 2 aliphatic rings. The molecule has 2 fully saturated rings. The van der Waals surface area contributed by atoms with E-state index in [9.17, 15) is 0 Å². The average molecular weight is 251 g/mol. The van der Waals surface area contributed by atoms with Crippen LogP contribution in [0.15, 0.2) is 6.20 Å². The summed E-state index contributed by atoms with van der Waals surface area (Å²) in [4.78, 5) is 4.66. The standard InChI is InChI=1S/C13H21N3S/c1-10-8-16(12-6-7-17-9-12)13(14-10)15-11-4-2-3-5-11/h8,11-12H,2-7,9H2,1H3,(H,14,15). The van der Waals surface area contributed by atoms with E-state index in [1.54, 1.807) is 0 Å². The Morgan fingerprint density at radius 2 is 2.18 bits per heavy atom. The summed E-state index contributed by atoms with van der Waals surface area (Å²) in [7, 11) is 0. The maximum Gasteiger partial charge on any atom is 0.203 e. The largest absolute Gasteiger partial charge is 0.353 e. The highest BCUT2D eigenvalue weighted by Gasteiger charge is 2.23. The molecule has 1 saturated carbocycles. The summed E-state index contributed by atoms with van der Waals surface area (Å²) in [5, 5.41) is 3.65. The number of hydrogen-bond acceptors (Lipinski definition) is 3. The normalized spacial score (nSPS) is 25.6. The number of thioether (sulfide) groups is 1. The number of nitrogens with one attached hydrogen (secondary N) is 1. The van der Waals surface area contributed by atoms with Gasteiger partial charge in [0.05, 0.1) is 5.69 Å². The molecule has 0 bridgehead atoms. The van der Waals surface area contributed by atoms with Crippen LogP contribution in [0.2, 0.25) is 0 Å². The molecule has 3 rings (SSSR count). The minimum absolute atomic E-state index is 0.657. The number of nitrogens with zero attached hydrogens (tertiary/aromatic N) is 2. The third-order valence-electron chi connectivity index (χ3n) is 3.84. The number of aryl methyl sites for hydroxylation is 1. The molecule has 3 nitrogen and oxygen atoms in total. The zero-order chi connectivity index (χ0) is 11.7. The Morgan fingerprint density at radius 3 is 2.88 bits per heavy atom. The van der Waals surface area contributed by atoms with Crippen molar-refractivity contribution in [3.8, 4) is 0 Å². The average Bonchev–Trinajstić information content (AvgIpc) is 3.00. The monoisotopic (exact) mass is 251 g/mol. The van der Waals surface area contributed by atoms with Gasteiger partial charge in [0.25, 0.3) is 0 Å². The summed E-state index contributed by atoms with van der Waals surface area (Å²) >= 11 is 2.06. The van der Waals surface area contributed by atoms with Crippen molar-refractivity contribution < 1.29 is 0 Å². The molecule has 94 valence electrons. The molecule has 0 aromatic carbocycles. The van der Waals surface area contributed by atoms with Crippen molar-refractivity contribution in [2.75, 3.05) is 16.8 Å². The molecule has 1 saturated heterocycles. The maximum atomic E-state index is 4.66. The lowest BCUT2D eigenvalue weighted by atomic mass is 10.2. The molecule has 0 spiro atoms. The fourth-order valence-corrected chi connectivity index (χ4v) is 4.10. The van der Waals surface area contributed by atoms with Gasteiger partial charge in [0, 0.05) is 24.0 Å². The van der Waals surface area contributed by atoms with E-state index < -0.39 is 0 Å². The third-order valence-corrected chi connectivity index (χ3v) is 4.99. The Morgan fingerprint density at radius 1 is 1.35 bits per heavy atom. The molecule has 2 heterocycles. The molecule has 1 aliphatic carbocycles. The van der Waals surface area contributed by atoms with Gasteiger partial charge in [-0.3, -0.25) is 0 Å². The number of hydrogen-bond donors (Lipinski definition) is 1. The molecule has 1 unspecified atom stereocenters. The van der Waals surface area contributed by atoms with Crippen LogP contribution in [0.4, 0.5) is 5.95 Å². The highest BCUT2D eigenvalue weighted by molar-refractivity contribution is 7.99. The smallest absolute Gasteiger partial charge is 0.203 e. The van der Waals surface area contributed by atoms with Crippen LogP contribution in [-0.2, 0) is 0 Å². The molecule has 1 atom stereocenters. The molecule has 17 heavy (non-hydrogen) atoms. The third kappa shape index (κ3) is 2.46. The van der Waals surface area contributed by atoms with Gasteiger partial charge in [0.2, 0.25) is 5.95 Å². The van der Waals surface area contributed by atoms with Crippen LogP contribution in [0.3, 0.4) is 0 Å². The maximum absolute atomic E-state index is 4.66. The fraction of sp³-hybridized carbons (Fsp3) is 0.769. The summed E-state index contributed by atoms with van der Waals surface area (Å²) < 4.78 is 2.38. The van der Waals surface area contributed by atoms with Crippen molar-refractivity contribution in [3.05, 3.63) is 11.9 Å². The van der Waals surface area contributed by atoms with Crippen molar-refractivity contribution in [1.29, 1.82) is 0 Å². The van der Waals surface area contributed by atoms with Gasteiger partial charge in [0.1, 0.15) is 0 Å². The lowest BCUT2D eigenvalue weighted by Gasteiger charge is -2.18. The molecule has 0 amide bonds. The summed E-state index contributed by atoms with van der Waals surface area (Å²) in [6, 6.07) is 1.31. The van der Waals surface area contributed by atoms with Crippen LogP contribution < -0.4 is 5.32 Å².